The number of hydroxylamine groups is 2. The topological polar surface area (TPSA) is 110 Å². The van der Waals surface area contributed by atoms with Crippen molar-refractivity contribution in [2.24, 2.45) is 0 Å². The van der Waals surface area contributed by atoms with Gasteiger partial charge in [-0.05, 0) is 38.1 Å². The Morgan fingerprint density at radius 3 is 2.44 bits per heavy atom. The minimum absolute atomic E-state index is 0.124. The minimum Gasteiger partial charge on any atom is -0.393 e. The fourth-order valence-electron chi connectivity index (χ4n) is 3.54. The van der Waals surface area contributed by atoms with E-state index in [0.717, 1.165) is 47.7 Å². The van der Waals surface area contributed by atoms with Crippen molar-refractivity contribution in [2.45, 2.75) is 19.9 Å². The molecule has 222 valence electrons. The lowest BCUT2D eigenvalue weighted by Crippen LogP contribution is -2.33. The predicted molar refractivity (Wildman–Crippen MR) is 167 cm³/mol. The number of ether oxygens (including phenoxy) is 1. The monoisotopic (exact) mass is 564 g/mol. The first-order valence-electron chi connectivity index (χ1n) is 13.0. The normalized spacial score (nSPS) is 14.5. The van der Waals surface area contributed by atoms with Gasteiger partial charge in [-0.25, -0.2) is 4.68 Å². The number of nitrogens with one attached hydrogen (secondary N) is 3. The van der Waals surface area contributed by atoms with Crippen molar-refractivity contribution in [3.63, 3.8) is 0 Å². The van der Waals surface area contributed by atoms with Gasteiger partial charge in [-0.1, -0.05) is 43.0 Å². The number of carbonyl (C=O) groups is 2. The maximum atomic E-state index is 10.6. The number of para-hydroxylation sites is 1. The number of aldehydes is 1. The molecular formula is C31H44N6O4. The molecule has 1 fully saturated rings. The van der Waals surface area contributed by atoms with Gasteiger partial charge in [-0.3, -0.25) is 14.4 Å². The summed E-state index contributed by atoms with van der Waals surface area (Å²) in [6, 6.07) is 10.0. The molecule has 3 rings (SSSR count). The van der Waals surface area contributed by atoms with E-state index in [4.69, 9.17) is 14.7 Å². The van der Waals surface area contributed by atoms with Crippen LogP contribution in [0.15, 0.2) is 73.5 Å². The number of allylic oxidation sites excluding steroid dienone is 6. The summed E-state index contributed by atoms with van der Waals surface area (Å²) in [7, 11) is 5.34. The molecule has 1 amide bonds. The van der Waals surface area contributed by atoms with Crippen molar-refractivity contribution in [3.8, 4) is 18.5 Å². The zero-order valence-corrected chi connectivity index (χ0v) is 24.7. The highest BCUT2D eigenvalue weighted by Gasteiger charge is 2.22. The molecule has 1 aromatic heterocycles. The fraction of sp³-hybridized carbons (Fsp3) is 0.323. The Morgan fingerprint density at radius 1 is 1.22 bits per heavy atom. The highest BCUT2D eigenvalue weighted by Crippen LogP contribution is 2.27. The second-order valence-corrected chi connectivity index (χ2v) is 8.12. The van der Waals surface area contributed by atoms with Gasteiger partial charge in [0, 0.05) is 51.6 Å². The number of methoxy groups -OCH3 is 1. The number of terminal acetylenes is 1. The Morgan fingerprint density at radius 2 is 1.93 bits per heavy atom. The maximum absolute atomic E-state index is 10.6. The van der Waals surface area contributed by atoms with Crippen LogP contribution in [0, 0.1) is 19.8 Å². The summed E-state index contributed by atoms with van der Waals surface area (Å²) in [5.74, 6) is 0.919. The largest absolute Gasteiger partial charge is 0.393 e. The first kappa shape index (κ1) is 36.6. The molecule has 2 aromatic rings. The smallest absolute Gasteiger partial charge is 0.207 e. The van der Waals surface area contributed by atoms with E-state index in [9.17, 15) is 9.59 Å². The van der Waals surface area contributed by atoms with Crippen LogP contribution in [-0.4, -0.2) is 81.1 Å². The standard InChI is InChI=1S/C17H20N4O.C7H14N2O3.C5H8.C2H2/c1-13-16(14(12-18-2)8-7-11-22)20-21(17(13)19-3)15-9-5-4-6-10-15;1-11-3-2-9-4-7(5-12-9)8-6-10;1-3-5-4-2;1-2/h4-12,18-19H,1-3H3;6-7H,2-5H2,1H3,(H,8,10);3-5H,1H2,2H3;1-2H/b8-7-,14-12+;;5-4-;. The van der Waals surface area contributed by atoms with Crippen molar-refractivity contribution in [2.75, 3.05) is 52.8 Å². The fourth-order valence-corrected chi connectivity index (χ4v) is 3.54. The molecule has 41 heavy (non-hydrogen) atoms. The summed E-state index contributed by atoms with van der Waals surface area (Å²) in [6.07, 6.45) is 20.1. The average molecular weight is 565 g/mol. The van der Waals surface area contributed by atoms with Gasteiger partial charge in [0.1, 0.15) is 12.1 Å². The minimum atomic E-state index is 0.124. The van der Waals surface area contributed by atoms with Crippen molar-refractivity contribution < 1.29 is 19.2 Å². The van der Waals surface area contributed by atoms with Crippen LogP contribution in [0.3, 0.4) is 0 Å². The summed E-state index contributed by atoms with van der Waals surface area (Å²) < 4.78 is 6.75. The molecular weight excluding hydrogens is 520 g/mol. The molecule has 1 aliphatic rings. The number of hydrogen-bond acceptors (Lipinski definition) is 8. The van der Waals surface area contributed by atoms with E-state index in [2.05, 4.69) is 35.4 Å². The Labute approximate surface area is 244 Å². The van der Waals surface area contributed by atoms with Crippen molar-refractivity contribution in [1.82, 2.24) is 25.5 Å². The van der Waals surface area contributed by atoms with Crippen LogP contribution in [0.4, 0.5) is 5.82 Å². The Kier molecular flexibility index (Phi) is 20.9. The van der Waals surface area contributed by atoms with E-state index in [1.165, 1.54) is 6.08 Å². The number of rotatable bonds is 12. The van der Waals surface area contributed by atoms with E-state index in [-0.39, 0.29) is 6.04 Å². The van der Waals surface area contributed by atoms with Gasteiger partial charge in [-0.2, -0.15) is 10.2 Å². The summed E-state index contributed by atoms with van der Waals surface area (Å²) in [5.41, 5.74) is 3.66. The molecule has 10 nitrogen and oxygen atoms in total. The maximum Gasteiger partial charge on any atom is 0.207 e. The van der Waals surface area contributed by atoms with Crippen molar-refractivity contribution >= 4 is 24.1 Å². The van der Waals surface area contributed by atoms with E-state index in [0.29, 0.717) is 19.6 Å². The molecule has 1 unspecified atom stereocenters. The lowest BCUT2D eigenvalue weighted by atomic mass is 10.1. The molecule has 0 spiro atoms. The second kappa shape index (κ2) is 23.5. The van der Waals surface area contributed by atoms with Crippen LogP contribution < -0.4 is 16.0 Å². The lowest BCUT2D eigenvalue weighted by Gasteiger charge is -2.12. The molecule has 1 atom stereocenters. The number of anilines is 1. The van der Waals surface area contributed by atoms with Crippen molar-refractivity contribution in [1.29, 1.82) is 0 Å². The number of nitrogens with zero attached hydrogens (tertiary/aromatic N) is 3. The van der Waals surface area contributed by atoms with Gasteiger partial charge in [0.25, 0.3) is 0 Å². The Hall–Kier alpha value is -4.43. The number of benzene rings is 1. The van der Waals surface area contributed by atoms with Gasteiger partial charge in [0.15, 0.2) is 0 Å². The highest BCUT2D eigenvalue weighted by molar-refractivity contribution is 5.80. The molecule has 1 aliphatic heterocycles. The van der Waals surface area contributed by atoms with E-state index in [1.54, 1.807) is 24.3 Å². The molecule has 10 heteroatoms. The summed E-state index contributed by atoms with van der Waals surface area (Å²) >= 11 is 0. The summed E-state index contributed by atoms with van der Waals surface area (Å²) in [4.78, 5) is 25.9. The van der Waals surface area contributed by atoms with Gasteiger partial charge in [-0.15, -0.1) is 12.8 Å². The molecule has 0 saturated carbocycles. The van der Waals surface area contributed by atoms with Crippen LogP contribution in [0.2, 0.25) is 0 Å². The first-order chi connectivity index (χ1) is 20.0. The van der Waals surface area contributed by atoms with E-state index < -0.39 is 0 Å². The van der Waals surface area contributed by atoms with E-state index in [1.807, 2.05) is 81.3 Å². The zero-order chi connectivity index (χ0) is 30.9. The number of aromatic nitrogens is 2. The molecule has 3 N–H and O–H groups in total. The number of hydrogen-bond donors (Lipinski definition) is 3. The SMILES string of the molecule is C#C.C=C/C=C\C.CN/C=C(\C=C/C=O)c1nn(-c2ccccc2)c(NC)c1C.COCCN1CC(NC=O)CO1. The predicted octanol–water partition coefficient (Wildman–Crippen LogP) is 3.53. The quantitative estimate of drug-likeness (QED) is 0.156. The third-order valence-electron chi connectivity index (χ3n) is 5.35. The zero-order valence-electron chi connectivity index (χ0n) is 24.7. The third kappa shape index (κ3) is 13.5. The van der Waals surface area contributed by atoms with Gasteiger partial charge >= 0.3 is 0 Å². The van der Waals surface area contributed by atoms with Gasteiger partial charge in [0.2, 0.25) is 6.41 Å². The van der Waals surface area contributed by atoms with Crippen molar-refractivity contribution in [3.05, 3.63) is 84.7 Å². The molecule has 0 aliphatic carbocycles. The Balaban J connectivity index is 0.000000704. The third-order valence-corrected chi connectivity index (χ3v) is 5.35. The average Bonchev–Trinajstić information content (AvgIpc) is 3.60. The van der Waals surface area contributed by atoms with Gasteiger partial charge in [0.05, 0.1) is 30.6 Å². The molecule has 0 bridgehead atoms. The van der Waals surface area contributed by atoms with Crippen LogP contribution >= 0.6 is 0 Å². The van der Waals surface area contributed by atoms with Crippen LogP contribution in [0.1, 0.15) is 18.2 Å². The van der Waals surface area contributed by atoms with Crippen LogP contribution in [0.25, 0.3) is 11.3 Å². The van der Waals surface area contributed by atoms with E-state index >= 15 is 0 Å². The van der Waals surface area contributed by atoms with Crippen LogP contribution in [-0.2, 0) is 19.2 Å². The highest BCUT2D eigenvalue weighted by atomic mass is 16.7. The Bertz CT molecular complexity index is 1120. The molecule has 2 heterocycles. The molecule has 0 radical (unpaired) electrons. The molecule has 1 aromatic carbocycles. The number of carbonyl (C=O) groups excluding carboxylic acids is 2. The number of amides is 1. The summed E-state index contributed by atoms with van der Waals surface area (Å²) in [6.45, 7) is 10.1. The lowest BCUT2D eigenvalue weighted by molar-refractivity contribution is -0.118. The molecule has 1 saturated heterocycles. The summed E-state index contributed by atoms with van der Waals surface area (Å²) in [5, 5.41) is 15.3. The second-order valence-electron chi connectivity index (χ2n) is 8.12. The van der Waals surface area contributed by atoms with Crippen LogP contribution in [0.5, 0.6) is 0 Å². The van der Waals surface area contributed by atoms with Gasteiger partial charge < -0.3 is 20.7 Å². The first-order valence-corrected chi connectivity index (χ1v) is 13.0.